The highest BCUT2D eigenvalue weighted by atomic mass is 79.9. The van der Waals surface area contributed by atoms with Crippen LogP contribution in [0.25, 0.3) is 11.0 Å². The lowest BCUT2D eigenvalue weighted by atomic mass is 10.1. The van der Waals surface area contributed by atoms with Gasteiger partial charge in [-0.2, -0.15) is 0 Å². The van der Waals surface area contributed by atoms with Crippen molar-refractivity contribution >= 4 is 26.9 Å². The maximum atomic E-state index is 5.82. The Hall–Kier alpha value is -0.840. The number of fused-ring (bicyclic) bond motifs is 1. The summed E-state index contributed by atoms with van der Waals surface area (Å²) < 4.78 is 6.79. The van der Waals surface area contributed by atoms with Crippen molar-refractivity contribution in [2.24, 2.45) is 5.84 Å². The Bertz CT molecular complexity index is 481. The largest absolute Gasteiger partial charge is 0.458 e. The zero-order chi connectivity index (χ0) is 11.5. The fourth-order valence-electron chi connectivity index (χ4n) is 1.82. The van der Waals surface area contributed by atoms with Gasteiger partial charge in [-0.15, -0.1) is 0 Å². The van der Waals surface area contributed by atoms with E-state index in [2.05, 4.69) is 28.3 Å². The molecule has 86 valence electrons. The second-order valence-electron chi connectivity index (χ2n) is 3.81. The average Bonchev–Trinajstić information content (AvgIpc) is 2.71. The molecule has 0 aliphatic rings. The van der Waals surface area contributed by atoms with Crippen LogP contribution in [0.1, 0.15) is 31.6 Å². The van der Waals surface area contributed by atoms with Crippen LogP contribution in [0.4, 0.5) is 0 Å². The molecule has 0 saturated carbocycles. The predicted octanol–water partition coefficient (Wildman–Crippen LogP) is 3.50. The summed E-state index contributed by atoms with van der Waals surface area (Å²) in [7, 11) is 0. The molecule has 1 aromatic heterocycles. The molecule has 2 aromatic rings. The number of rotatable bonds is 4. The quantitative estimate of drug-likeness (QED) is 0.667. The van der Waals surface area contributed by atoms with Gasteiger partial charge in [-0.25, -0.2) is 5.43 Å². The summed E-state index contributed by atoms with van der Waals surface area (Å²) in [4.78, 5) is 0. The average molecular weight is 283 g/mol. The van der Waals surface area contributed by atoms with Gasteiger partial charge in [0, 0.05) is 5.39 Å². The lowest BCUT2D eigenvalue weighted by Gasteiger charge is -2.10. The Balaban J connectivity index is 2.42. The van der Waals surface area contributed by atoms with Crippen LogP contribution in [0.3, 0.4) is 0 Å². The van der Waals surface area contributed by atoms with Gasteiger partial charge in [0.15, 0.2) is 0 Å². The van der Waals surface area contributed by atoms with E-state index in [4.69, 9.17) is 10.3 Å². The van der Waals surface area contributed by atoms with Crippen LogP contribution < -0.4 is 11.3 Å². The molecule has 0 amide bonds. The summed E-state index contributed by atoms with van der Waals surface area (Å²) >= 11 is 3.47. The first-order valence-electron chi connectivity index (χ1n) is 5.40. The zero-order valence-corrected chi connectivity index (χ0v) is 10.8. The lowest BCUT2D eigenvalue weighted by molar-refractivity contribution is 0.413. The highest BCUT2D eigenvalue weighted by molar-refractivity contribution is 9.10. The standard InChI is InChI=1S/C12H15BrN2O/c1-2-4-10(15-14)11-7-8-5-3-6-9(13)12(8)16-11/h3,5-7,10,15H,2,4,14H2,1H3. The summed E-state index contributed by atoms with van der Waals surface area (Å²) in [6.07, 6.45) is 2.03. The molecule has 1 unspecified atom stereocenters. The van der Waals surface area contributed by atoms with E-state index in [1.54, 1.807) is 0 Å². The number of nitrogens with two attached hydrogens (primary N) is 1. The van der Waals surface area contributed by atoms with Crippen LogP contribution in [-0.2, 0) is 0 Å². The molecule has 0 aliphatic heterocycles. The third-order valence-electron chi connectivity index (χ3n) is 2.64. The molecule has 1 aromatic carbocycles. The van der Waals surface area contributed by atoms with Gasteiger partial charge in [0.25, 0.3) is 0 Å². The SMILES string of the molecule is CCCC(NN)c1cc2cccc(Br)c2o1. The van der Waals surface area contributed by atoms with Crippen LogP contribution in [0, 0.1) is 0 Å². The second-order valence-corrected chi connectivity index (χ2v) is 4.67. The van der Waals surface area contributed by atoms with E-state index in [1.807, 2.05) is 24.3 Å². The predicted molar refractivity (Wildman–Crippen MR) is 68.9 cm³/mol. The van der Waals surface area contributed by atoms with Crippen LogP contribution in [0.15, 0.2) is 33.2 Å². The Morgan fingerprint density at radius 2 is 2.31 bits per heavy atom. The number of benzene rings is 1. The van der Waals surface area contributed by atoms with Gasteiger partial charge in [0.05, 0.1) is 10.5 Å². The van der Waals surface area contributed by atoms with E-state index >= 15 is 0 Å². The van der Waals surface area contributed by atoms with Crippen molar-refractivity contribution in [3.8, 4) is 0 Å². The Morgan fingerprint density at radius 3 is 2.94 bits per heavy atom. The Kier molecular flexibility index (Phi) is 3.63. The van der Waals surface area contributed by atoms with Crippen LogP contribution >= 0.6 is 15.9 Å². The van der Waals surface area contributed by atoms with Crippen molar-refractivity contribution in [2.75, 3.05) is 0 Å². The summed E-state index contributed by atoms with van der Waals surface area (Å²) in [6.45, 7) is 2.13. The van der Waals surface area contributed by atoms with E-state index in [1.165, 1.54) is 0 Å². The topological polar surface area (TPSA) is 51.2 Å². The third-order valence-corrected chi connectivity index (χ3v) is 3.26. The van der Waals surface area contributed by atoms with E-state index < -0.39 is 0 Å². The van der Waals surface area contributed by atoms with Crippen molar-refractivity contribution in [1.82, 2.24) is 5.43 Å². The molecule has 16 heavy (non-hydrogen) atoms. The minimum Gasteiger partial charge on any atom is -0.458 e. The van der Waals surface area contributed by atoms with E-state index in [0.29, 0.717) is 0 Å². The molecule has 1 atom stereocenters. The minimum absolute atomic E-state index is 0.0873. The molecule has 0 radical (unpaired) electrons. The van der Waals surface area contributed by atoms with Crippen molar-refractivity contribution < 1.29 is 4.42 Å². The van der Waals surface area contributed by atoms with E-state index in [0.717, 1.165) is 34.0 Å². The fourth-order valence-corrected chi connectivity index (χ4v) is 2.28. The number of furan rings is 1. The lowest BCUT2D eigenvalue weighted by Crippen LogP contribution is -2.27. The maximum absolute atomic E-state index is 5.82. The molecular formula is C12H15BrN2O. The molecule has 0 aliphatic carbocycles. The number of para-hydroxylation sites is 1. The van der Waals surface area contributed by atoms with Crippen LogP contribution in [0.5, 0.6) is 0 Å². The van der Waals surface area contributed by atoms with Crippen molar-refractivity contribution in [2.45, 2.75) is 25.8 Å². The Labute approximate surface area is 103 Å². The second kappa shape index (κ2) is 4.99. The monoisotopic (exact) mass is 282 g/mol. The number of hydrogen-bond donors (Lipinski definition) is 2. The van der Waals surface area contributed by atoms with E-state index in [-0.39, 0.29) is 6.04 Å². The highest BCUT2D eigenvalue weighted by Gasteiger charge is 2.14. The van der Waals surface area contributed by atoms with Crippen molar-refractivity contribution in [1.29, 1.82) is 0 Å². The molecule has 3 nitrogen and oxygen atoms in total. The Morgan fingerprint density at radius 1 is 1.50 bits per heavy atom. The van der Waals surface area contributed by atoms with Gasteiger partial charge in [-0.05, 0) is 34.5 Å². The normalized spacial score (nSPS) is 13.2. The molecule has 0 saturated heterocycles. The first-order chi connectivity index (χ1) is 7.76. The van der Waals surface area contributed by atoms with Gasteiger partial charge in [0.2, 0.25) is 0 Å². The zero-order valence-electron chi connectivity index (χ0n) is 9.16. The molecular weight excluding hydrogens is 268 g/mol. The van der Waals surface area contributed by atoms with Gasteiger partial charge in [0.1, 0.15) is 11.3 Å². The van der Waals surface area contributed by atoms with Gasteiger partial charge >= 0.3 is 0 Å². The first kappa shape index (κ1) is 11.6. The van der Waals surface area contributed by atoms with Gasteiger partial charge in [-0.1, -0.05) is 25.5 Å². The third kappa shape index (κ3) is 2.14. The van der Waals surface area contributed by atoms with Gasteiger partial charge in [-0.3, -0.25) is 5.84 Å². The smallest absolute Gasteiger partial charge is 0.148 e. The summed E-state index contributed by atoms with van der Waals surface area (Å²) in [5.41, 5.74) is 3.67. The van der Waals surface area contributed by atoms with Crippen molar-refractivity contribution in [3.63, 3.8) is 0 Å². The molecule has 0 fully saturated rings. The molecule has 4 heteroatoms. The fraction of sp³-hybridized carbons (Fsp3) is 0.333. The summed E-state index contributed by atoms with van der Waals surface area (Å²) in [5, 5.41) is 1.10. The minimum atomic E-state index is 0.0873. The van der Waals surface area contributed by atoms with Crippen LogP contribution in [0.2, 0.25) is 0 Å². The molecule has 2 rings (SSSR count). The molecule has 0 spiro atoms. The van der Waals surface area contributed by atoms with Crippen molar-refractivity contribution in [3.05, 3.63) is 34.5 Å². The van der Waals surface area contributed by atoms with Gasteiger partial charge < -0.3 is 4.42 Å². The van der Waals surface area contributed by atoms with E-state index in [9.17, 15) is 0 Å². The number of nitrogens with one attached hydrogen (secondary N) is 1. The van der Waals surface area contributed by atoms with Crippen LogP contribution in [-0.4, -0.2) is 0 Å². The summed E-state index contributed by atoms with van der Waals surface area (Å²) in [5.74, 6) is 6.42. The molecule has 1 heterocycles. The molecule has 0 bridgehead atoms. The summed E-state index contributed by atoms with van der Waals surface area (Å²) in [6, 6.07) is 8.13. The maximum Gasteiger partial charge on any atom is 0.148 e. The number of hydrazine groups is 1. The molecule has 3 N–H and O–H groups in total. The number of hydrogen-bond acceptors (Lipinski definition) is 3. The highest BCUT2D eigenvalue weighted by Crippen LogP contribution is 2.30. The number of halogens is 1. The first-order valence-corrected chi connectivity index (χ1v) is 6.19.